The summed E-state index contributed by atoms with van der Waals surface area (Å²) in [6.07, 6.45) is 8.72. The Hall–Kier alpha value is -2.28. The molecule has 0 aromatic carbocycles. The fourth-order valence-electron chi connectivity index (χ4n) is 3.70. The summed E-state index contributed by atoms with van der Waals surface area (Å²) < 4.78 is 2.10. The summed E-state index contributed by atoms with van der Waals surface area (Å²) in [6, 6.07) is 3.88. The van der Waals surface area contributed by atoms with Gasteiger partial charge in [0.25, 0.3) is 5.91 Å². The maximum atomic E-state index is 12.8. The Balaban J connectivity index is 1.53. The van der Waals surface area contributed by atoms with E-state index in [4.69, 9.17) is 0 Å². The Bertz CT molecular complexity index is 694. The van der Waals surface area contributed by atoms with Crippen molar-refractivity contribution in [3.8, 4) is 0 Å². The van der Waals surface area contributed by atoms with Gasteiger partial charge in [0, 0.05) is 25.5 Å². The van der Waals surface area contributed by atoms with Crippen LogP contribution in [0.1, 0.15) is 41.5 Å². The fraction of sp³-hybridized carbons (Fsp3) is 0.529. The minimum atomic E-state index is -0.0338. The van der Waals surface area contributed by atoms with Crippen LogP contribution >= 0.6 is 0 Å². The minimum Gasteiger partial charge on any atom is -0.329 e. The van der Waals surface area contributed by atoms with Crippen LogP contribution in [0.4, 0.5) is 0 Å². The summed E-state index contributed by atoms with van der Waals surface area (Å²) in [5, 5.41) is 4.50. The molecule has 24 heavy (non-hydrogen) atoms. The molecule has 2 aromatic rings. The zero-order valence-electron chi connectivity index (χ0n) is 13.7. The average molecular weight is 326 g/mol. The van der Waals surface area contributed by atoms with Gasteiger partial charge in [0.1, 0.15) is 12.0 Å². The summed E-state index contributed by atoms with van der Waals surface area (Å²) in [5.41, 5.74) is 1.54. The predicted molar refractivity (Wildman–Crippen MR) is 88.3 cm³/mol. The second-order valence-corrected chi connectivity index (χ2v) is 6.56. The quantitative estimate of drug-likeness (QED) is 0.852. The van der Waals surface area contributed by atoms with Crippen molar-refractivity contribution >= 4 is 5.91 Å². The zero-order chi connectivity index (χ0) is 16.4. The van der Waals surface area contributed by atoms with Crippen LogP contribution in [-0.4, -0.2) is 61.6 Å². The number of carbonyl (C=O) groups excluding carboxylic acids is 1. The normalized spacial score (nSPS) is 21.5. The molecule has 7 nitrogen and oxygen atoms in total. The Kier molecular flexibility index (Phi) is 4.25. The summed E-state index contributed by atoms with van der Waals surface area (Å²) >= 11 is 0. The number of amides is 1. The lowest BCUT2D eigenvalue weighted by atomic mass is 10.1. The summed E-state index contributed by atoms with van der Waals surface area (Å²) in [6.45, 7) is 4.50. The summed E-state index contributed by atoms with van der Waals surface area (Å²) in [5.74, 6) is -0.0338. The van der Waals surface area contributed by atoms with E-state index in [0.717, 1.165) is 25.3 Å². The molecule has 1 unspecified atom stereocenters. The molecule has 1 fully saturated rings. The maximum absolute atomic E-state index is 12.8. The largest absolute Gasteiger partial charge is 0.329 e. The lowest BCUT2D eigenvalue weighted by molar-refractivity contribution is 0.0625. The topological polar surface area (TPSA) is 67.2 Å². The van der Waals surface area contributed by atoms with Gasteiger partial charge in [-0.25, -0.2) is 9.97 Å². The molecule has 0 saturated carbocycles. The third kappa shape index (κ3) is 3.03. The number of fused-ring (bicyclic) bond motifs is 1. The third-order valence-electron chi connectivity index (χ3n) is 4.89. The Morgan fingerprint density at radius 2 is 2.04 bits per heavy atom. The molecule has 2 aliphatic rings. The van der Waals surface area contributed by atoms with E-state index in [1.54, 1.807) is 12.3 Å². The van der Waals surface area contributed by atoms with E-state index in [1.165, 1.54) is 25.6 Å². The molecule has 2 aromatic heterocycles. The van der Waals surface area contributed by atoms with E-state index in [2.05, 4.69) is 24.6 Å². The monoisotopic (exact) mass is 326 g/mol. The predicted octanol–water partition coefficient (Wildman–Crippen LogP) is 1.36. The molecule has 0 aliphatic carbocycles. The van der Waals surface area contributed by atoms with E-state index >= 15 is 0 Å². The van der Waals surface area contributed by atoms with E-state index in [-0.39, 0.29) is 11.9 Å². The minimum absolute atomic E-state index is 0.0338. The van der Waals surface area contributed by atoms with Gasteiger partial charge in [0.05, 0.1) is 18.3 Å². The highest BCUT2D eigenvalue weighted by molar-refractivity contribution is 5.92. The van der Waals surface area contributed by atoms with Crippen LogP contribution in [0.2, 0.25) is 0 Å². The van der Waals surface area contributed by atoms with E-state index in [9.17, 15) is 4.79 Å². The lowest BCUT2D eigenvalue weighted by Gasteiger charge is -2.37. The number of hydrogen-bond acceptors (Lipinski definition) is 5. The molecule has 1 saturated heterocycles. The van der Waals surface area contributed by atoms with Gasteiger partial charge in [-0.2, -0.15) is 5.10 Å². The van der Waals surface area contributed by atoms with Gasteiger partial charge >= 0.3 is 0 Å². The number of rotatable bonds is 3. The summed E-state index contributed by atoms with van der Waals surface area (Å²) in [4.78, 5) is 25.1. The summed E-state index contributed by atoms with van der Waals surface area (Å²) in [7, 11) is 0. The second kappa shape index (κ2) is 6.68. The van der Waals surface area contributed by atoms with Gasteiger partial charge in [-0.1, -0.05) is 6.42 Å². The van der Waals surface area contributed by atoms with Gasteiger partial charge in [0.15, 0.2) is 0 Å². The van der Waals surface area contributed by atoms with Gasteiger partial charge < -0.3 is 9.80 Å². The lowest BCUT2D eigenvalue weighted by Crippen LogP contribution is -2.46. The van der Waals surface area contributed by atoms with Gasteiger partial charge in [-0.3, -0.25) is 9.48 Å². The van der Waals surface area contributed by atoms with Crippen LogP contribution in [0.3, 0.4) is 0 Å². The smallest absolute Gasteiger partial charge is 0.272 e. The van der Waals surface area contributed by atoms with Crippen molar-refractivity contribution in [3.63, 3.8) is 0 Å². The highest BCUT2D eigenvalue weighted by Crippen LogP contribution is 2.23. The van der Waals surface area contributed by atoms with Crippen molar-refractivity contribution in [3.05, 3.63) is 42.2 Å². The van der Waals surface area contributed by atoms with Gasteiger partial charge in [-0.15, -0.1) is 0 Å². The Morgan fingerprint density at radius 1 is 1.17 bits per heavy atom. The maximum Gasteiger partial charge on any atom is 0.272 e. The van der Waals surface area contributed by atoms with Crippen LogP contribution in [0.25, 0.3) is 0 Å². The molecule has 4 rings (SSSR count). The van der Waals surface area contributed by atoms with Crippen molar-refractivity contribution in [1.82, 2.24) is 29.5 Å². The van der Waals surface area contributed by atoms with Gasteiger partial charge in [-0.05, 0) is 38.1 Å². The molecular weight excluding hydrogens is 304 g/mol. The van der Waals surface area contributed by atoms with Crippen molar-refractivity contribution in [1.29, 1.82) is 0 Å². The van der Waals surface area contributed by atoms with E-state index < -0.39 is 0 Å². The molecule has 0 radical (unpaired) electrons. The van der Waals surface area contributed by atoms with Gasteiger partial charge in [0.2, 0.25) is 0 Å². The Labute approximate surface area is 141 Å². The SMILES string of the molecule is O=C(c1ccncn1)N1Cc2ccnn2C(CN2CCCCC2)C1. The van der Waals surface area contributed by atoms with Crippen LogP contribution in [-0.2, 0) is 6.54 Å². The number of hydrogen-bond donors (Lipinski definition) is 0. The van der Waals surface area contributed by atoms with Crippen LogP contribution in [0, 0.1) is 0 Å². The molecule has 2 aliphatic heterocycles. The number of likely N-dealkylation sites (tertiary alicyclic amines) is 1. The number of carbonyl (C=O) groups is 1. The number of aromatic nitrogens is 4. The molecule has 1 atom stereocenters. The molecule has 0 N–H and O–H groups in total. The van der Waals surface area contributed by atoms with Crippen molar-refractivity contribution in [2.75, 3.05) is 26.2 Å². The molecule has 4 heterocycles. The molecule has 1 amide bonds. The van der Waals surface area contributed by atoms with Crippen molar-refractivity contribution in [2.45, 2.75) is 31.8 Å². The first kappa shape index (κ1) is 15.3. The second-order valence-electron chi connectivity index (χ2n) is 6.56. The molecule has 0 bridgehead atoms. The molecule has 7 heteroatoms. The Morgan fingerprint density at radius 3 is 2.83 bits per heavy atom. The van der Waals surface area contributed by atoms with E-state index in [1.807, 2.05) is 17.2 Å². The van der Waals surface area contributed by atoms with Crippen LogP contribution in [0.15, 0.2) is 30.9 Å². The first-order chi connectivity index (χ1) is 11.8. The van der Waals surface area contributed by atoms with Crippen LogP contribution < -0.4 is 0 Å². The number of piperidine rings is 1. The number of nitrogens with zero attached hydrogens (tertiary/aromatic N) is 6. The fourth-order valence-corrected chi connectivity index (χ4v) is 3.70. The standard InChI is InChI=1S/C17H22N6O/c24-17(16-5-6-18-13-19-16)22-11-14-4-7-20-23(14)15(12-22)10-21-8-2-1-3-9-21/h4-7,13,15H,1-3,8-12H2. The molecular formula is C17H22N6O. The van der Waals surface area contributed by atoms with E-state index in [0.29, 0.717) is 18.8 Å². The zero-order valence-corrected chi connectivity index (χ0v) is 13.7. The molecule has 0 spiro atoms. The highest BCUT2D eigenvalue weighted by Gasteiger charge is 2.30. The van der Waals surface area contributed by atoms with Crippen molar-refractivity contribution < 1.29 is 4.79 Å². The first-order valence-corrected chi connectivity index (χ1v) is 8.61. The molecule has 126 valence electrons. The third-order valence-corrected chi connectivity index (χ3v) is 4.89. The first-order valence-electron chi connectivity index (χ1n) is 8.61. The van der Waals surface area contributed by atoms with Crippen LogP contribution in [0.5, 0.6) is 0 Å². The highest BCUT2D eigenvalue weighted by atomic mass is 16.2. The average Bonchev–Trinajstić information content (AvgIpc) is 3.11. The van der Waals surface area contributed by atoms with Crippen molar-refractivity contribution in [2.24, 2.45) is 0 Å².